The average molecular weight is 278 g/mol. The van der Waals surface area contributed by atoms with E-state index in [1.54, 1.807) is 18.2 Å². The van der Waals surface area contributed by atoms with Crippen molar-refractivity contribution in [3.63, 3.8) is 0 Å². The fourth-order valence-corrected chi connectivity index (χ4v) is 2.35. The molecule has 19 heavy (non-hydrogen) atoms. The van der Waals surface area contributed by atoms with Gasteiger partial charge in [-0.3, -0.25) is 4.79 Å². The lowest BCUT2D eigenvalue weighted by molar-refractivity contribution is 0.0958. The molecule has 1 N–H and O–H groups in total. The van der Waals surface area contributed by atoms with E-state index < -0.39 is 0 Å². The Morgan fingerprint density at radius 1 is 1.58 bits per heavy atom. The van der Waals surface area contributed by atoms with Gasteiger partial charge in [-0.05, 0) is 43.6 Å². The van der Waals surface area contributed by atoms with Crippen LogP contribution < -0.4 is 5.32 Å². The van der Waals surface area contributed by atoms with Crippen molar-refractivity contribution in [2.45, 2.75) is 19.9 Å². The highest BCUT2D eigenvalue weighted by Gasteiger charge is 2.13. The van der Waals surface area contributed by atoms with E-state index in [1.165, 1.54) is 0 Å². The molecule has 0 aliphatic heterocycles. The van der Waals surface area contributed by atoms with Crippen molar-refractivity contribution in [1.29, 1.82) is 0 Å². The smallest absolute Gasteiger partial charge is 0.251 e. The molecule has 1 amide bonds. The Bertz CT molecular complexity index is 631. The highest BCUT2D eigenvalue weighted by atomic mass is 35.5. The molecule has 4 nitrogen and oxygen atoms in total. The Labute approximate surface area is 117 Å². The summed E-state index contributed by atoms with van der Waals surface area (Å²) in [7, 11) is 0. The van der Waals surface area contributed by atoms with E-state index in [0.717, 1.165) is 11.0 Å². The molecule has 1 aromatic carbocycles. The quantitative estimate of drug-likeness (QED) is 0.873. The zero-order valence-electron chi connectivity index (χ0n) is 11.0. The molecule has 5 heteroatoms. The molecule has 0 unspecified atom stereocenters. The van der Waals surface area contributed by atoms with E-state index in [0.29, 0.717) is 17.4 Å². The van der Waals surface area contributed by atoms with E-state index >= 15 is 0 Å². The number of amides is 1. The standard InChI is InChI=1S/C14H16ClN3O/c1-4-7-16-13(19)10-5-6-12-11(8-10)17-14(15)18(12)9(2)3/h4-6,8-9H,1,7H2,2-3H3,(H,16,19). The molecule has 0 saturated carbocycles. The van der Waals surface area contributed by atoms with Crippen LogP contribution in [0.15, 0.2) is 30.9 Å². The minimum atomic E-state index is -0.142. The summed E-state index contributed by atoms with van der Waals surface area (Å²) in [5.74, 6) is -0.142. The van der Waals surface area contributed by atoms with Crippen LogP contribution in [0.2, 0.25) is 5.28 Å². The topological polar surface area (TPSA) is 46.9 Å². The first-order valence-electron chi connectivity index (χ1n) is 6.11. The van der Waals surface area contributed by atoms with Crippen LogP contribution in [0.4, 0.5) is 0 Å². The Morgan fingerprint density at radius 3 is 2.95 bits per heavy atom. The third-order valence-electron chi connectivity index (χ3n) is 2.83. The van der Waals surface area contributed by atoms with Gasteiger partial charge in [-0.15, -0.1) is 6.58 Å². The second-order valence-corrected chi connectivity index (χ2v) is 4.88. The highest BCUT2D eigenvalue weighted by molar-refractivity contribution is 6.29. The number of aromatic nitrogens is 2. The number of imidazole rings is 1. The maximum atomic E-state index is 11.8. The second-order valence-electron chi connectivity index (χ2n) is 4.55. The number of fused-ring (bicyclic) bond motifs is 1. The van der Waals surface area contributed by atoms with Crippen LogP contribution in [-0.2, 0) is 0 Å². The summed E-state index contributed by atoms with van der Waals surface area (Å²) in [5, 5.41) is 3.17. The maximum Gasteiger partial charge on any atom is 0.251 e. The lowest BCUT2D eigenvalue weighted by Crippen LogP contribution is -2.23. The third-order valence-corrected chi connectivity index (χ3v) is 3.10. The summed E-state index contributed by atoms with van der Waals surface area (Å²) < 4.78 is 1.93. The van der Waals surface area contributed by atoms with Gasteiger partial charge in [0.05, 0.1) is 11.0 Å². The summed E-state index contributed by atoms with van der Waals surface area (Å²) in [6, 6.07) is 5.62. The molecule has 1 aromatic heterocycles. The van der Waals surface area contributed by atoms with Gasteiger partial charge in [-0.25, -0.2) is 4.98 Å². The molecule has 0 radical (unpaired) electrons. The minimum absolute atomic E-state index is 0.142. The van der Waals surface area contributed by atoms with E-state index in [4.69, 9.17) is 11.6 Å². The summed E-state index contributed by atoms with van der Waals surface area (Å²) in [6.07, 6.45) is 1.64. The molecule has 0 atom stereocenters. The van der Waals surface area contributed by atoms with Gasteiger partial charge in [0.25, 0.3) is 5.91 Å². The molecule has 0 saturated heterocycles. The van der Waals surface area contributed by atoms with Gasteiger partial charge in [0.15, 0.2) is 0 Å². The van der Waals surface area contributed by atoms with Crippen molar-refractivity contribution in [2.75, 3.05) is 6.54 Å². The van der Waals surface area contributed by atoms with Crippen LogP contribution >= 0.6 is 11.6 Å². The van der Waals surface area contributed by atoms with Gasteiger partial charge in [0, 0.05) is 18.2 Å². The average Bonchev–Trinajstić information content (AvgIpc) is 2.70. The molecule has 1 heterocycles. The van der Waals surface area contributed by atoms with Crippen molar-refractivity contribution in [3.05, 3.63) is 41.7 Å². The fourth-order valence-electron chi connectivity index (χ4n) is 1.97. The number of hydrogen-bond donors (Lipinski definition) is 1. The lowest BCUT2D eigenvalue weighted by Gasteiger charge is -2.09. The largest absolute Gasteiger partial charge is 0.349 e. The van der Waals surface area contributed by atoms with Gasteiger partial charge in [0.1, 0.15) is 0 Å². The van der Waals surface area contributed by atoms with Crippen LogP contribution in [0, 0.1) is 0 Å². The molecule has 0 aliphatic carbocycles. The van der Waals surface area contributed by atoms with Gasteiger partial charge in [0.2, 0.25) is 5.28 Å². The van der Waals surface area contributed by atoms with Gasteiger partial charge in [-0.2, -0.15) is 0 Å². The van der Waals surface area contributed by atoms with Crippen molar-refractivity contribution < 1.29 is 4.79 Å². The number of nitrogens with one attached hydrogen (secondary N) is 1. The molecule has 0 fully saturated rings. The number of benzene rings is 1. The normalized spacial score (nSPS) is 10.9. The summed E-state index contributed by atoms with van der Waals surface area (Å²) in [5.41, 5.74) is 2.23. The van der Waals surface area contributed by atoms with Crippen LogP contribution in [0.1, 0.15) is 30.2 Å². The Balaban J connectivity index is 2.42. The molecule has 100 valence electrons. The maximum absolute atomic E-state index is 11.8. The van der Waals surface area contributed by atoms with Gasteiger partial charge in [-0.1, -0.05) is 6.08 Å². The second kappa shape index (κ2) is 5.45. The molecule has 2 rings (SSSR count). The molecule has 2 aromatic rings. The first kappa shape index (κ1) is 13.6. The van der Waals surface area contributed by atoms with E-state index in [2.05, 4.69) is 16.9 Å². The molecule has 0 bridgehead atoms. The highest BCUT2D eigenvalue weighted by Crippen LogP contribution is 2.24. The first-order chi connectivity index (χ1) is 9.04. The number of nitrogens with zero attached hydrogens (tertiary/aromatic N) is 2. The number of carbonyl (C=O) groups excluding carboxylic acids is 1. The van der Waals surface area contributed by atoms with E-state index in [9.17, 15) is 4.79 Å². The zero-order chi connectivity index (χ0) is 14.0. The molecule has 0 spiro atoms. The molecular weight excluding hydrogens is 262 g/mol. The van der Waals surface area contributed by atoms with Crippen molar-refractivity contribution in [1.82, 2.24) is 14.9 Å². The van der Waals surface area contributed by atoms with Gasteiger partial charge >= 0.3 is 0 Å². The Hall–Kier alpha value is -1.81. The monoisotopic (exact) mass is 277 g/mol. The lowest BCUT2D eigenvalue weighted by atomic mass is 10.2. The molecular formula is C14H16ClN3O. The number of halogens is 1. The fraction of sp³-hybridized carbons (Fsp3) is 0.286. The minimum Gasteiger partial charge on any atom is -0.349 e. The number of rotatable bonds is 4. The van der Waals surface area contributed by atoms with Crippen LogP contribution in [-0.4, -0.2) is 22.0 Å². The Morgan fingerprint density at radius 2 is 2.32 bits per heavy atom. The molecule has 0 aliphatic rings. The van der Waals surface area contributed by atoms with Crippen molar-refractivity contribution >= 4 is 28.5 Å². The number of carbonyl (C=O) groups is 1. The van der Waals surface area contributed by atoms with Crippen LogP contribution in [0.3, 0.4) is 0 Å². The summed E-state index contributed by atoms with van der Waals surface area (Å²) in [6.45, 7) is 8.08. The van der Waals surface area contributed by atoms with Crippen molar-refractivity contribution in [3.8, 4) is 0 Å². The third kappa shape index (κ3) is 2.63. The zero-order valence-corrected chi connectivity index (χ0v) is 11.7. The van der Waals surface area contributed by atoms with Gasteiger partial charge < -0.3 is 9.88 Å². The SMILES string of the molecule is C=CCNC(=O)c1ccc2c(c1)nc(Cl)n2C(C)C. The summed E-state index contributed by atoms with van der Waals surface area (Å²) in [4.78, 5) is 16.1. The first-order valence-corrected chi connectivity index (χ1v) is 6.49. The van der Waals surface area contributed by atoms with E-state index in [-0.39, 0.29) is 11.9 Å². The number of hydrogen-bond acceptors (Lipinski definition) is 2. The van der Waals surface area contributed by atoms with Crippen molar-refractivity contribution in [2.24, 2.45) is 0 Å². The predicted octanol–water partition coefficient (Wildman–Crippen LogP) is 3.19. The van der Waals surface area contributed by atoms with Crippen LogP contribution in [0.5, 0.6) is 0 Å². The van der Waals surface area contributed by atoms with E-state index in [1.807, 2.05) is 24.5 Å². The Kier molecular flexibility index (Phi) is 3.90. The predicted molar refractivity (Wildman–Crippen MR) is 77.7 cm³/mol. The summed E-state index contributed by atoms with van der Waals surface area (Å²) >= 11 is 6.12. The van der Waals surface area contributed by atoms with Crippen LogP contribution in [0.25, 0.3) is 11.0 Å².